The van der Waals surface area contributed by atoms with Gasteiger partial charge < -0.3 is 4.90 Å². The fourth-order valence-electron chi connectivity index (χ4n) is 2.85. The van der Waals surface area contributed by atoms with Gasteiger partial charge in [0.1, 0.15) is 5.84 Å². The normalized spacial score (nSPS) is 17.1. The standard InChI is InChI=1S/C16H32N2/c1-4-6-8-10-12-15(11-9-7-5-2)16-17-13-14-18(16)3/h15H,4-14H2,1-3H3. The molecule has 0 aliphatic carbocycles. The molecule has 0 amide bonds. The highest BCUT2D eigenvalue weighted by Crippen LogP contribution is 2.22. The molecule has 1 aliphatic heterocycles. The fourth-order valence-corrected chi connectivity index (χ4v) is 2.85. The van der Waals surface area contributed by atoms with Gasteiger partial charge in [0.05, 0.1) is 6.54 Å². The van der Waals surface area contributed by atoms with E-state index in [9.17, 15) is 0 Å². The lowest BCUT2D eigenvalue weighted by molar-refractivity contribution is 0.447. The second-order valence-electron chi connectivity index (χ2n) is 5.70. The highest BCUT2D eigenvalue weighted by atomic mass is 15.2. The summed E-state index contributed by atoms with van der Waals surface area (Å²) >= 11 is 0. The Morgan fingerprint density at radius 1 is 1.00 bits per heavy atom. The molecule has 0 bridgehead atoms. The molecule has 0 radical (unpaired) electrons. The van der Waals surface area contributed by atoms with Gasteiger partial charge in [-0.15, -0.1) is 0 Å². The minimum Gasteiger partial charge on any atom is -0.361 e. The quantitative estimate of drug-likeness (QED) is 0.523. The molecule has 0 aromatic heterocycles. The zero-order chi connectivity index (χ0) is 13.2. The van der Waals surface area contributed by atoms with Crippen LogP contribution in [0.3, 0.4) is 0 Å². The first-order chi connectivity index (χ1) is 8.79. The van der Waals surface area contributed by atoms with Gasteiger partial charge in [-0.1, -0.05) is 58.8 Å². The number of likely N-dealkylation sites (N-methyl/N-ethyl adjacent to an activating group) is 1. The van der Waals surface area contributed by atoms with Gasteiger partial charge in [0.25, 0.3) is 0 Å². The van der Waals surface area contributed by atoms with Crippen LogP contribution in [0.25, 0.3) is 0 Å². The lowest BCUT2D eigenvalue weighted by Gasteiger charge is -2.23. The first-order valence-electron chi connectivity index (χ1n) is 8.05. The molecule has 18 heavy (non-hydrogen) atoms. The molecule has 0 aromatic carbocycles. The maximum absolute atomic E-state index is 4.74. The van der Waals surface area contributed by atoms with E-state index in [1.165, 1.54) is 63.6 Å². The van der Waals surface area contributed by atoms with Crippen LogP contribution in [0, 0.1) is 5.92 Å². The summed E-state index contributed by atoms with van der Waals surface area (Å²) < 4.78 is 0. The third-order valence-corrected chi connectivity index (χ3v) is 4.03. The van der Waals surface area contributed by atoms with Crippen molar-refractivity contribution < 1.29 is 0 Å². The van der Waals surface area contributed by atoms with Gasteiger partial charge in [-0.05, 0) is 12.8 Å². The molecule has 0 spiro atoms. The number of hydrogen-bond acceptors (Lipinski definition) is 2. The Morgan fingerprint density at radius 3 is 2.17 bits per heavy atom. The maximum atomic E-state index is 4.74. The average Bonchev–Trinajstić information content (AvgIpc) is 2.79. The third kappa shape index (κ3) is 5.41. The monoisotopic (exact) mass is 252 g/mol. The molecular formula is C16H32N2. The minimum atomic E-state index is 0.737. The van der Waals surface area contributed by atoms with Crippen molar-refractivity contribution in [3.05, 3.63) is 0 Å². The Balaban J connectivity index is 2.36. The smallest absolute Gasteiger partial charge is 0.102 e. The number of aliphatic imine (C=N–C) groups is 1. The molecule has 2 heteroatoms. The Bertz CT molecular complexity index is 235. The lowest BCUT2D eigenvalue weighted by Crippen LogP contribution is -2.29. The van der Waals surface area contributed by atoms with Crippen LogP contribution in [0.4, 0.5) is 0 Å². The van der Waals surface area contributed by atoms with Crippen LogP contribution >= 0.6 is 0 Å². The van der Waals surface area contributed by atoms with Gasteiger partial charge in [0.2, 0.25) is 0 Å². The van der Waals surface area contributed by atoms with E-state index in [2.05, 4.69) is 25.8 Å². The Morgan fingerprint density at radius 2 is 1.61 bits per heavy atom. The molecule has 1 atom stereocenters. The largest absolute Gasteiger partial charge is 0.361 e. The second-order valence-corrected chi connectivity index (χ2v) is 5.70. The third-order valence-electron chi connectivity index (χ3n) is 4.03. The van der Waals surface area contributed by atoms with Gasteiger partial charge in [-0.25, -0.2) is 0 Å². The van der Waals surface area contributed by atoms with Crippen LogP contribution < -0.4 is 0 Å². The maximum Gasteiger partial charge on any atom is 0.102 e. The Labute approximate surface area is 114 Å². The molecular weight excluding hydrogens is 220 g/mol. The molecule has 0 saturated carbocycles. The van der Waals surface area contributed by atoms with Crippen molar-refractivity contribution >= 4 is 5.84 Å². The van der Waals surface area contributed by atoms with Gasteiger partial charge >= 0.3 is 0 Å². The molecule has 0 saturated heterocycles. The van der Waals surface area contributed by atoms with E-state index in [0.29, 0.717) is 0 Å². The Kier molecular flexibility index (Phi) is 8.11. The summed E-state index contributed by atoms with van der Waals surface area (Å²) in [7, 11) is 2.21. The van der Waals surface area contributed by atoms with Crippen LogP contribution in [0.5, 0.6) is 0 Å². The summed E-state index contributed by atoms with van der Waals surface area (Å²) in [6.45, 7) is 6.72. The van der Waals surface area contributed by atoms with E-state index in [4.69, 9.17) is 4.99 Å². The van der Waals surface area contributed by atoms with Crippen molar-refractivity contribution in [2.75, 3.05) is 20.1 Å². The lowest BCUT2D eigenvalue weighted by atomic mass is 9.93. The van der Waals surface area contributed by atoms with Crippen LogP contribution in [0.1, 0.15) is 71.6 Å². The number of nitrogens with zero attached hydrogens (tertiary/aromatic N) is 2. The number of unbranched alkanes of at least 4 members (excludes halogenated alkanes) is 5. The van der Waals surface area contributed by atoms with Gasteiger partial charge in [-0.2, -0.15) is 0 Å². The van der Waals surface area contributed by atoms with E-state index in [0.717, 1.165) is 19.0 Å². The molecule has 1 rings (SSSR count). The summed E-state index contributed by atoms with van der Waals surface area (Å²) in [5, 5.41) is 0. The number of rotatable bonds is 10. The van der Waals surface area contributed by atoms with E-state index in [1.54, 1.807) is 0 Å². The highest BCUT2D eigenvalue weighted by Gasteiger charge is 2.22. The summed E-state index contributed by atoms with van der Waals surface area (Å²) in [6.07, 6.45) is 12.3. The summed E-state index contributed by atoms with van der Waals surface area (Å²) in [5.41, 5.74) is 0. The van der Waals surface area contributed by atoms with Crippen LogP contribution in [-0.4, -0.2) is 30.9 Å². The van der Waals surface area contributed by atoms with Crippen molar-refractivity contribution in [3.8, 4) is 0 Å². The van der Waals surface area contributed by atoms with Gasteiger partial charge in [0, 0.05) is 19.5 Å². The first kappa shape index (κ1) is 15.5. The zero-order valence-corrected chi connectivity index (χ0v) is 12.7. The number of hydrogen-bond donors (Lipinski definition) is 0. The van der Waals surface area contributed by atoms with Crippen molar-refractivity contribution in [2.24, 2.45) is 10.9 Å². The molecule has 106 valence electrons. The van der Waals surface area contributed by atoms with Crippen LogP contribution in [0.15, 0.2) is 4.99 Å². The highest BCUT2D eigenvalue weighted by molar-refractivity contribution is 5.85. The first-order valence-corrected chi connectivity index (χ1v) is 8.05. The SMILES string of the molecule is CCCCCCC(CCCCC)C1=NCCN1C. The van der Waals surface area contributed by atoms with Crippen molar-refractivity contribution in [1.82, 2.24) is 4.90 Å². The van der Waals surface area contributed by atoms with E-state index < -0.39 is 0 Å². The molecule has 0 fully saturated rings. The average molecular weight is 252 g/mol. The molecule has 2 nitrogen and oxygen atoms in total. The van der Waals surface area contributed by atoms with Crippen molar-refractivity contribution in [2.45, 2.75) is 71.6 Å². The zero-order valence-electron chi connectivity index (χ0n) is 12.7. The summed E-state index contributed by atoms with van der Waals surface area (Å²) in [4.78, 5) is 7.12. The van der Waals surface area contributed by atoms with Crippen LogP contribution in [-0.2, 0) is 0 Å². The van der Waals surface area contributed by atoms with Crippen LogP contribution in [0.2, 0.25) is 0 Å². The second kappa shape index (κ2) is 9.41. The molecule has 1 heterocycles. The van der Waals surface area contributed by atoms with Crippen molar-refractivity contribution in [1.29, 1.82) is 0 Å². The topological polar surface area (TPSA) is 15.6 Å². The minimum absolute atomic E-state index is 0.737. The van der Waals surface area contributed by atoms with Gasteiger partial charge in [0.15, 0.2) is 0 Å². The summed E-state index contributed by atoms with van der Waals surface area (Å²) in [5.74, 6) is 2.14. The molecule has 0 N–H and O–H groups in total. The van der Waals surface area contributed by atoms with Gasteiger partial charge in [-0.3, -0.25) is 4.99 Å². The predicted octanol–water partition coefficient (Wildman–Crippen LogP) is 4.50. The Hall–Kier alpha value is -0.530. The number of amidine groups is 1. The predicted molar refractivity (Wildman–Crippen MR) is 81.3 cm³/mol. The summed E-state index contributed by atoms with van der Waals surface area (Å²) in [6, 6.07) is 0. The van der Waals surface area contributed by atoms with E-state index >= 15 is 0 Å². The molecule has 1 aliphatic rings. The fraction of sp³-hybridized carbons (Fsp3) is 0.938. The molecule has 1 unspecified atom stereocenters. The van der Waals surface area contributed by atoms with Crippen molar-refractivity contribution in [3.63, 3.8) is 0 Å². The molecule has 0 aromatic rings. The van der Waals surface area contributed by atoms with E-state index in [1.807, 2.05) is 0 Å². The van der Waals surface area contributed by atoms with E-state index in [-0.39, 0.29) is 0 Å².